The molecule has 74 valence electrons. The lowest BCUT2D eigenvalue weighted by molar-refractivity contribution is 0.328. The van der Waals surface area contributed by atoms with E-state index in [9.17, 15) is 0 Å². The Bertz CT molecular complexity index is 366. The third-order valence-corrected chi connectivity index (χ3v) is 2.21. The Balaban J connectivity index is 2.57. The van der Waals surface area contributed by atoms with Gasteiger partial charge < -0.3 is 4.74 Å². The first kappa shape index (κ1) is 11.2. The van der Waals surface area contributed by atoms with Crippen LogP contribution in [0.3, 0.4) is 0 Å². The van der Waals surface area contributed by atoms with Gasteiger partial charge in [-0.15, -0.1) is 0 Å². The molecular weight excluding hydrogens is 269 g/mol. The van der Waals surface area contributed by atoms with Crippen LogP contribution in [0.1, 0.15) is 0 Å². The molecule has 6 heteroatoms. The molecule has 0 aliphatic rings. The number of benzene rings is 1. The highest BCUT2D eigenvalue weighted by Crippen LogP contribution is 2.27. The van der Waals surface area contributed by atoms with Gasteiger partial charge in [0.25, 0.3) is 0 Å². The lowest BCUT2D eigenvalue weighted by Crippen LogP contribution is -2.00. The van der Waals surface area contributed by atoms with Gasteiger partial charge in [-0.1, -0.05) is 32.6 Å². The SMILES string of the molecule is [N-]=[N+]=NCCOc1cc(Br)ccc1Cl. The average molecular weight is 277 g/mol. The molecule has 1 aromatic rings. The maximum Gasteiger partial charge on any atom is 0.138 e. The molecule has 14 heavy (non-hydrogen) atoms. The van der Waals surface area contributed by atoms with Crippen molar-refractivity contribution in [1.29, 1.82) is 0 Å². The number of hydrogen-bond acceptors (Lipinski definition) is 2. The molecule has 0 fully saturated rings. The summed E-state index contributed by atoms with van der Waals surface area (Å²) in [6.07, 6.45) is 0. The summed E-state index contributed by atoms with van der Waals surface area (Å²) in [5, 5.41) is 3.88. The van der Waals surface area contributed by atoms with Gasteiger partial charge >= 0.3 is 0 Å². The summed E-state index contributed by atoms with van der Waals surface area (Å²) in [6, 6.07) is 5.32. The van der Waals surface area contributed by atoms with E-state index in [4.69, 9.17) is 21.9 Å². The van der Waals surface area contributed by atoms with Crippen LogP contribution < -0.4 is 4.74 Å². The van der Waals surface area contributed by atoms with Crippen LogP contribution in [0.25, 0.3) is 10.4 Å². The van der Waals surface area contributed by atoms with Crippen molar-refractivity contribution in [3.8, 4) is 5.75 Å². The molecule has 4 nitrogen and oxygen atoms in total. The summed E-state index contributed by atoms with van der Waals surface area (Å²) in [5.74, 6) is 0.578. The fourth-order valence-corrected chi connectivity index (χ4v) is 1.34. The van der Waals surface area contributed by atoms with Crippen LogP contribution in [0, 0.1) is 0 Å². The van der Waals surface area contributed by atoms with Gasteiger partial charge in [0.05, 0.1) is 18.2 Å². The topological polar surface area (TPSA) is 58.0 Å². The Kier molecular flexibility index (Phi) is 4.59. The fraction of sp³-hybridized carbons (Fsp3) is 0.250. The van der Waals surface area contributed by atoms with E-state index in [0.717, 1.165) is 4.47 Å². The van der Waals surface area contributed by atoms with Crippen LogP contribution >= 0.6 is 27.5 Å². The Morgan fingerprint density at radius 3 is 3.07 bits per heavy atom. The largest absolute Gasteiger partial charge is 0.492 e. The van der Waals surface area contributed by atoms with Gasteiger partial charge in [0.2, 0.25) is 0 Å². The van der Waals surface area contributed by atoms with Crippen LogP contribution in [-0.2, 0) is 0 Å². The molecule has 1 aromatic carbocycles. The number of nitrogens with zero attached hydrogens (tertiary/aromatic N) is 3. The van der Waals surface area contributed by atoms with Gasteiger partial charge in [-0.25, -0.2) is 0 Å². The fourth-order valence-electron chi connectivity index (χ4n) is 0.829. The van der Waals surface area contributed by atoms with Crippen LogP contribution in [0.5, 0.6) is 5.75 Å². The molecule has 0 saturated carbocycles. The third kappa shape index (κ3) is 3.46. The Morgan fingerprint density at radius 1 is 1.57 bits per heavy atom. The van der Waals surface area contributed by atoms with Crippen LogP contribution in [0.4, 0.5) is 0 Å². The van der Waals surface area contributed by atoms with Crippen LogP contribution in [0.15, 0.2) is 27.8 Å². The molecular formula is C8H7BrClN3O. The monoisotopic (exact) mass is 275 g/mol. The Labute approximate surface area is 94.6 Å². The second-order valence-corrected chi connectivity index (χ2v) is 3.70. The van der Waals surface area contributed by atoms with Gasteiger partial charge in [0, 0.05) is 9.38 Å². The predicted molar refractivity (Wildman–Crippen MR) is 58.7 cm³/mol. The molecule has 1 rings (SSSR count). The van der Waals surface area contributed by atoms with Crippen molar-refractivity contribution in [2.45, 2.75) is 0 Å². The van der Waals surface area contributed by atoms with E-state index in [1.165, 1.54) is 0 Å². The van der Waals surface area contributed by atoms with Crippen molar-refractivity contribution in [2.75, 3.05) is 13.2 Å². The standard InChI is InChI=1S/C8H7BrClN3O/c9-6-1-2-7(10)8(5-6)14-4-3-12-13-11/h1-2,5H,3-4H2. The van der Waals surface area contributed by atoms with Gasteiger partial charge in [0.15, 0.2) is 0 Å². The number of rotatable bonds is 4. The summed E-state index contributed by atoms with van der Waals surface area (Å²) in [7, 11) is 0. The normalized spacial score (nSPS) is 9.29. The van der Waals surface area contributed by atoms with Crippen molar-refractivity contribution in [3.05, 3.63) is 38.1 Å². The van der Waals surface area contributed by atoms with Crippen molar-refractivity contribution in [2.24, 2.45) is 5.11 Å². The highest BCUT2D eigenvalue weighted by Gasteiger charge is 2.01. The first-order valence-corrected chi connectivity index (χ1v) is 5.00. The predicted octanol–water partition coefficient (Wildman–Crippen LogP) is 3.79. The van der Waals surface area contributed by atoms with Gasteiger partial charge in [-0.3, -0.25) is 0 Å². The van der Waals surface area contributed by atoms with Crippen molar-refractivity contribution in [1.82, 2.24) is 0 Å². The van der Waals surface area contributed by atoms with E-state index < -0.39 is 0 Å². The molecule has 0 atom stereocenters. The molecule has 0 unspecified atom stereocenters. The smallest absolute Gasteiger partial charge is 0.138 e. The molecule has 0 heterocycles. The Morgan fingerprint density at radius 2 is 2.36 bits per heavy atom. The molecule has 0 radical (unpaired) electrons. The highest BCUT2D eigenvalue weighted by molar-refractivity contribution is 9.10. The summed E-state index contributed by atoms with van der Waals surface area (Å²) in [6.45, 7) is 0.611. The molecule has 0 N–H and O–H groups in total. The van der Waals surface area contributed by atoms with Gasteiger partial charge in [-0.05, 0) is 23.7 Å². The second kappa shape index (κ2) is 5.75. The molecule has 0 spiro atoms. The summed E-state index contributed by atoms with van der Waals surface area (Å²) < 4.78 is 6.18. The van der Waals surface area contributed by atoms with Crippen LogP contribution in [0.2, 0.25) is 5.02 Å². The van der Waals surface area contributed by atoms with Crippen molar-refractivity contribution in [3.63, 3.8) is 0 Å². The van der Waals surface area contributed by atoms with E-state index in [1.54, 1.807) is 12.1 Å². The first-order chi connectivity index (χ1) is 6.74. The highest BCUT2D eigenvalue weighted by atomic mass is 79.9. The molecule has 0 aromatic heterocycles. The minimum Gasteiger partial charge on any atom is -0.492 e. The van der Waals surface area contributed by atoms with E-state index >= 15 is 0 Å². The van der Waals surface area contributed by atoms with Gasteiger partial charge in [0.1, 0.15) is 5.75 Å². The van der Waals surface area contributed by atoms with E-state index in [1.807, 2.05) is 6.07 Å². The lowest BCUT2D eigenvalue weighted by Gasteiger charge is -2.06. The van der Waals surface area contributed by atoms with E-state index in [0.29, 0.717) is 23.9 Å². The molecule has 0 amide bonds. The first-order valence-electron chi connectivity index (χ1n) is 3.83. The Hall–Kier alpha value is -0.900. The van der Waals surface area contributed by atoms with Crippen molar-refractivity contribution < 1.29 is 4.74 Å². The maximum absolute atomic E-state index is 8.03. The number of azide groups is 1. The zero-order valence-electron chi connectivity index (χ0n) is 7.15. The van der Waals surface area contributed by atoms with Crippen molar-refractivity contribution >= 4 is 27.5 Å². The zero-order chi connectivity index (χ0) is 10.4. The van der Waals surface area contributed by atoms with Gasteiger partial charge in [-0.2, -0.15) is 0 Å². The minimum atomic E-state index is 0.291. The second-order valence-electron chi connectivity index (χ2n) is 2.38. The van der Waals surface area contributed by atoms with E-state index in [2.05, 4.69) is 26.0 Å². The molecule has 0 aliphatic heterocycles. The minimum absolute atomic E-state index is 0.291. The van der Waals surface area contributed by atoms with E-state index in [-0.39, 0.29) is 0 Å². The summed E-state index contributed by atoms with van der Waals surface area (Å²) in [5.41, 5.74) is 8.03. The summed E-state index contributed by atoms with van der Waals surface area (Å²) >= 11 is 9.16. The summed E-state index contributed by atoms with van der Waals surface area (Å²) in [4.78, 5) is 2.61. The third-order valence-electron chi connectivity index (χ3n) is 1.41. The number of halogens is 2. The lowest BCUT2D eigenvalue weighted by atomic mass is 10.3. The zero-order valence-corrected chi connectivity index (χ0v) is 9.49. The maximum atomic E-state index is 8.03. The quantitative estimate of drug-likeness (QED) is 0.357. The van der Waals surface area contributed by atoms with Crippen LogP contribution in [-0.4, -0.2) is 13.2 Å². The number of ether oxygens (including phenoxy) is 1. The molecule has 0 aliphatic carbocycles. The number of hydrogen-bond donors (Lipinski definition) is 0. The average Bonchev–Trinajstić information content (AvgIpc) is 2.18. The molecule has 0 saturated heterocycles. The molecule has 0 bridgehead atoms.